The van der Waals surface area contributed by atoms with Gasteiger partial charge < -0.3 is 0 Å². The lowest BCUT2D eigenvalue weighted by molar-refractivity contribution is -0.116. The monoisotopic (exact) mass is 250 g/mol. The Balaban J connectivity index is 2.42. The average molecular weight is 250 g/mol. The Morgan fingerprint density at radius 2 is 1.79 bits per heavy atom. The number of Topliss-reactive ketones (excluding diaryl/α,β-unsaturated/α-hetero) is 1. The van der Waals surface area contributed by atoms with Crippen LogP contribution < -0.4 is 0 Å². The first kappa shape index (κ1) is 13.3. The number of carbonyl (C=O) groups excluding carboxylic acids is 1. The molecule has 1 heteroatoms. The fourth-order valence-corrected chi connectivity index (χ4v) is 2.09. The molecule has 0 saturated carbocycles. The minimum Gasteiger partial charge on any atom is -0.300 e. The Labute approximate surface area is 114 Å². The third-order valence-electron chi connectivity index (χ3n) is 3.10. The molecule has 0 bridgehead atoms. The highest BCUT2D eigenvalue weighted by Crippen LogP contribution is 2.21. The molecule has 0 radical (unpaired) electrons. The van der Waals surface area contributed by atoms with Crippen LogP contribution in [0.25, 0.3) is 16.8 Å². The second-order valence-electron chi connectivity index (χ2n) is 4.94. The Morgan fingerprint density at radius 3 is 2.42 bits per heavy atom. The van der Waals surface area contributed by atoms with Crippen LogP contribution in [0.5, 0.6) is 0 Å². The fraction of sp³-hybridized carbons (Fsp3) is 0.167. The number of hydrogen-bond acceptors (Lipinski definition) is 1. The van der Waals surface area contributed by atoms with Crippen molar-refractivity contribution in [3.05, 3.63) is 65.8 Å². The summed E-state index contributed by atoms with van der Waals surface area (Å²) in [6.07, 6.45) is 2.50. The highest BCUT2D eigenvalue weighted by atomic mass is 16.1. The molecule has 0 aliphatic rings. The van der Waals surface area contributed by atoms with Crippen LogP contribution in [0.3, 0.4) is 0 Å². The van der Waals surface area contributed by atoms with Crippen molar-refractivity contribution in [3.8, 4) is 0 Å². The van der Waals surface area contributed by atoms with E-state index in [4.69, 9.17) is 0 Å². The van der Waals surface area contributed by atoms with E-state index in [-0.39, 0.29) is 5.78 Å². The summed E-state index contributed by atoms with van der Waals surface area (Å²) in [5.41, 5.74) is 3.06. The van der Waals surface area contributed by atoms with Crippen LogP contribution in [-0.2, 0) is 4.79 Å². The maximum Gasteiger partial charge on any atom is 0.134 e. The molecule has 0 spiro atoms. The van der Waals surface area contributed by atoms with Gasteiger partial charge in [0.05, 0.1) is 0 Å². The maximum absolute atomic E-state index is 11.3. The van der Waals surface area contributed by atoms with Crippen LogP contribution in [0.1, 0.15) is 25.8 Å². The first-order valence-corrected chi connectivity index (χ1v) is 6.41. The third-order valence-corrected chi connectivity index (χ3v) is 3.10. The summed E-state index contributed by atoms with van der Waals surface area (Å²) in [4.78, 5) is 11.3. The Morgan fingerprint density at radius 1 is 1.11 bits per heavy atom. The number of allylic oxidation sites excluding steroid dienone is 2. The molecule has 0 saturated heterocycles. The lowest BCUT2D eigenvalue weighted by Crippen LogP contribution is -1.94. The van der Waals surface area contributed by atoms with Crippen molar-refractivity contribution in [3.63, 3.8) is 0 Å². The summed E-state index contributed by atoms with van der Waals surface area (Å²) >= 11 is 0. The van der Waals surface area contributed by atoms with Crippen LogP contribution in [0, 0.1) is 0 Å². The van der Waals surface area contributed by atoms with Gasteiger partial charge in [0.2, 0.25) is 0 Å². The Kier molecular flexibility index (Phi) is 3.96. The van der Waals surface area contributed by atoms with Crippen molar-refractivity contribution in [2.45, 2.75) is 20.3 Å². The van der Waals surface area contributed by atoms with Crippen molar-refractivity contribution < 1.29 is 4.79 Å². The summed E-state index contributed by atoms with van der Waals surface area (Å²) in [5.74, 6) is 0.162. The summed E-state index contributed by atoms with van der Waals surface area (Å²) in [7, 11) is 0. The van der Waals surface area contributed by atoms with E-state index in [9.17, 15) is 4.79 Å². The second-order valence-corrected chi connectivity index (χ2v) is 4.94. The molecule has 96 valence electrons. The van der Waals surface area contributed by atoms with Crippen LogP contribution in [0.15, 0.2) is 60.2 Å². The largest absolute Gasteiger partial charge is 0.300 e. The molecule has 2 aromatic carbocycles. The molecular formula is C18H18O. The van der Waals surface area contributed by atoms with Gasteiger partial charge in [0.1, 0.15) is 5.78 Å². The minimum absolute atomic E-state index is 0.162. The number of hydrogen-bond donors (Lipinski definition) is 0. The van der Waals surface area contributed by atoms with Crippen molar-refractivity contribution in [2.24, 2.45) is 0 Å². The smallest absolute Gasteiger partial charge is 0.134 e. The van der Waals surface area contributed by atoms with Gasteiger partial charge in [-0.15, -0.1) is 0 Å². The number of rotatable bonds is 4. The fourth-order valence-electron chi connectivity index (χ4n) is 2.09. The van der Waals surface area contributed by atoms with Gasteiger partial charge in [-0.1, -0.05) is 54.6 Å². The predicted octanol–water partition coefficient (Wildman–Crippen LogP) is 4.78. The molecule has 0 aliphatic carbocycles. The highest BCUT2D eigenvalue weighted by Gasteiger charge is 2.03. The molecule has 0 aliphatic heterocycles. The van der Waals surface area contributed by atoms with Crippen LogP contribution in [0.2, 0.25) is 0 Å². The molecule has 2 aromatic rings. The van der Waals surface area contributed by atoms with E-state index < -0.39 is 0 Å². The van der Waals surface area contributed by atoms with Crippen LogP contribution in [0.4, 0.5) is 0 Å². The average Bonchev–Trinajstić information content (AvgIpc) is 2.37. The molecule has 19 heavy (non-hydrogen) atoms. The third kappa shape index (κ3) is 3.41. The summed E-state index contributed by atoms with van der Waals surface area (Å²) in [6.45, 7) is 7.50. The number of ketones is 1. The lowest BCUT2D eigenvalue weighted by Gasteiger charge is -2.06. The zero-order valence-corrected chi connectivity index (χ0v) is 11.4. The first-order chi connectivity index (χ1) is 9.06. The van der Waals surface area contributed by atoms with Crippen molar-refractivity contribution >= 4 is 22.6 Å². The number of fused-ring (bicyclic) bond motifs is 1. The Hall–Kier alpha value is -2.15. The van der Waals surface area contributed by atoms with Crippen molar-refractivity contribution in [1.82, 2.24) is 0 Å². The zero-order chi connectivity index (χ0) is 13.8. The molecule has 2 rings (SSSR count). The topological polar surface area (TPSA) is 17.1 Å². The molecule has 0 unspecified atom stereocenters. The predicted molar refractivity (Wildman–Crippen MR) is 82.0 cm³/mol. The van der Waals surface area contributed by atoms with Gasteiger partial charge in [-0.2, -0.15) is 0 Å². The molecule has 0 aromatic heterocycles. The maximum atomic E-state index is 11.3. The molecule has 0 N–H and O–H groups in total. The molecule has 0 heterocycles. The van der Waals surface area contributed by atoms with Gasteiger partial charge in [0, 0.05) is 6.42 Å². The van der Waals surface area contributed by atoms with Crippen molar-refractivity contribution in [2.75, 3.05) is 0 Å². The standard InChI is InChI=1S/C18H18O/c1-13(2)18(10-14(3)19)12-15-8-9-16-6-4-5-7-17(16)11-15/h4-9,11-12H,1,10H2,2-3H3/b18-12+. The van der Waals surface area contributed by atoms with Crippen LogP contribution in [-0.4, -0.2) is 5.78 Å². The molecule has 1 nitrogen and oxygen atoms in total. The van der Waals surface area contributed by atoms with Gasteiger partial charge in [-0.25, -0.2) is 0 Å². The quantitative estimate of drug-likeness (QED) is 0.714. The minimum atomic E-state index is 0.162. The first-order valence-electron chi connectivity index (χ1n) is 6.41. The van der Waals surface area contributed by atoms with Gasteiger partial charge >= 0.3 is 0 Å². The lowest BCUT2D eigenvalue weighted by atomic mass is 9.99. The van der Waals surface area contributed by atoms with Gasteiger partial charge in [-0.05, 0) is 41.8 Å². The summed E-state index contributed by atoms with van der Waals surface area (Å²) in [5, 5.41) is 2.43. The molecular weight excluding hydrogens is 232 g/mol. The van der Waals surface area contributed by atoms with Gasteiger partial charge in [-0.3, -0.25) is 4.79 Å². The van der Waals surface area contributed by atoms with E-state index in [0.717, 1.165) is 16.7 Å². The SMILES string of the molecule is C=C(C)/C(=C/c1ccc2ccccc2c1)CC(C)=O. The van der Waals surface area contributed by atoms with Gasteiger partial charge in [0.15, 0.2) is 0 Å². The molecule has 0 amide bonds. The molecule has 0 fully saturated rings. The number of carbonyl (C=O) groups is 1. The van der Waals surface area contributed by atoms with Gasteiger partial charge in [0.25, 0.3) is 0 Å². The zero-order valence-electron chi connectivity index (χ0n) is 11.4. The Bertz CT molecular complexity index is 662. The summed E-state index contributed by atoms with van der Waals surface area (Å²) < 4.78 is 0. The molecule has 0 atom stereocenters. The second kappa shape index (κ2) is 5.66. The van der Waals surface area contributed by atoms with Crippen molar-refractivity contribution in [1.29, 1.82) is 0 Å². The highest BCUT2D eigenvalue weighted by molar-refractivity contribution is 5.86. The van der Waals surface area contributed by atoms with E-state index in [0.29, 0.717) is 6.42 Å². The van der Waals surface area contributed by atoms with Crippen LogP contribution >= 0.6 is 0 Å². The van der Waals surface area contributed by atoms with E-state index in [2.05, 4.69) is 43.0 Å². The van der Waals surface area contributed by atoms with E-state index in [1.54, 1.807) is 6.92 Å². The van der Waals surface area contributed by atoms with E-state index in [1.807, 2.05) is 19.1 Å². The number of benzene rings is 2. The summed E-state index contributed by atoms with van der Waals surface area (Å²) in [6, 6.07) is 14.6. The van der Waals surface area contributed by atoms with E-state index >= 15 is 0 Å². The van der Waals surface area contributed by atoms with E-state index in [1.165, 1.54) is 10.8 Å². The normalized spacial score (nSPS) is 11.6.